The number of Topliss-reactive ketones (excluding diaryl/α,β-unsaturated/α-hetero) is 1. The summed E-state index contributed by atoms with van der Waals surface area (Å²) in [6, 6.07) is 5.51. The van der Waals surface area contributed by atoms with E-state index in [1.807, 2.05) is 19.1 Å². The van der Waals surface area contributed by atoms with Gasteiger partial charge in [0.1, 0.15) is 6.07 Å². The highest BCUT2D eigenvalue weighted by molar-refractivity contribution is 14.1. The van der Waals surface area contributed by atoms with Gasteiger partial charge in [-0.25, -0.2) is 0 Å². The maximum atomic E-state index is 11.4. The lowest BCUT2D eigenvalue weighted by molar-refractivity contribution is 0.102. The molecule has 0 fully saturated rings. The lowest BCUT2D eigenvalue weighted by atomic mass is 10.0. The molecule has 0 saturated heterocycles. The monoisotopic (exact) mass is 319 g/mol. The van der Waals surface area contributed by atoms with Gasteiger partial charge in [0.25, 0.3) is 0 Å². The normalized spacial score (nSPS) is 9.57. The van der Waals surface area contributed by atoms with Crippen LogP contribution in [0.1, 0.15) is 21.5 Å². The van der Waals surface area contributed by atoms with Crippen LogP contribution in [0.2, 0.25) is 0 Å². The maximum Gasteiger partial charge on any atom is 0.178 e. The van der Waals surface area contributed by atoms with Crippen LogP contribution in [-0.4, -0.2) is 11.7 Å². The van der Waals surface area contributed by atoms with Crippen LogP contribution in [0.15, 0.2) is 12.1 Å². The Kier molecular flexibility index (Phi) is 3.90. The number of nitrogens with zero attached hydrogens (tertiary/aromatic N) is 1. The minimum atomic E-state index is -0.207. The summed E-state index contributed by atoms with van der Waals surface area (Å²) in [6.07, 6.45) is 0. The maximum absolute atomic E-state index is 11.4. The molecule has 0 spiro atoms. The number of hydrogen-bond donors (Lipinski definition) is 0. The molecule has 72 valence electrons. The zero-order valence-electron chi connectivity index (χ0n) is 7.47. The summed E-state index contributed by atoms with van der Waals surface area (Å²) in [7, 11) is 0. The lowest BCUT2D eigenvalue weighted by Crippen LogP contribution is -2.05. The van der Waals surface area contributed by atoms with Gasteiger partial charge in [-0.05, 0) is 41.1 Å². The zero-order chi connectivity index (χ0) is 10.7. The summed E-state index contributed by atoms with van der Waals surface area (Å²) in [6.45, 7) is 1.90. The van der Waals surface area contributed by atoms with Crippen LogP contribution in [0.25, 0.3) is 0 Å². The molecule has 0 aliphatic rings. The van der Waals surface area contributed by atoms with Gasteiger partial charge in [0.2, 0.25) is 0 Å². The molecular formula is C10H7ClINO. The van der Waals surface area contributed by atoms with E-state index in [1.165, 1.54) is 0 Å². The molecule has 0 radical (unpaired) electrons. The van der Waals surface area contributed by atoms with Crippen LogP contribution in [-0.2, 0) is 0 Å². The quantitative estimate of drug-likeness (QED) is 0.478. The Balaban J connectivity index is 3.40. The molecule has 0 aliphatic carbocycles. The first-order chi connectivity index (χ1) is 6.61. The van der Waals surface area contributed by atoms with Crippen molar-refractivity contribution in [2.45, 2.75) is 6.92 Å². The molecular weight excluding hydrogens is 312 g/mol. The molecule has 0 aromatic heterocycles. The molecule has 0 atom stereocenters. The Morgan fingerprint density at radius 1 is 1.64 bits per heavy atom. The highest BCUT2D eigenvalue weighted by atomic mass is 127. The summed E-state index contributed by atoms with van der Waals surface area (Å²) in [4.78, 5) is 11.4. The Labute approximate surface area is 101 Å². The number of rotatable bonds is 2. The first kappa shape index (κ1) is 11.5. The van der Waals surface area contributed by atoms with Crippen molar-refractivity contribution in [1.82, 2.24) is 0 Å². The van der Waals surface area contributed by atoms with Crippen molar-refractivity contribution in [3.63, 3.8) is 0 Å². The molecule has 0 N–H and O–H groups in total. The summed E-state index contributed by atoms with van der Waals surface area (Å²) in [5.41, 5.74) is 1.84. The number of benzene rings is 1. The summed E-state index contributed by atoms with van der Waals surface area (Å²) >= 11 is 7.51. The fraction of sp³-hybridized carbons (Fsp3) is 0.200. The third-order valence-corrected chi connectivity index (χ3v) is 3.50. The third kappa shape index (κ3) is 2.07. The fourth-order valence-corrected chi connectivity index (χ4v) is 1.83. The number of aryl methyl sites for hydroxylation is 1. The van der Waals surface area contributed by atoms with E-state index in [4.69, 9.17) is 16.9 Å². The minimum Gasteiger partial charge on any atom is -0.293 e. The molecule has 0 aliphatic heterocycles. The molecule has 14 heavy (non-hydrogen) atoms. The molecule has 0 heterocycles. The Hall–Kier alpha value is -0.600. The van der Waals surface area contributed by atoms with Crippen molar-refractivity contribution in [2.75, 3.05) is 5.88 Å². The predicted octanol–water partition coefficient (Wildman–Crippen LogP) is 2.89. The van der Waals surface area contributed by atoms with Gasteiger partial charge in [-0.2, -0.15) is 5.26 Å². The molecule has 1 aromatic rings. The summed E-state index contributed by atoms with van der Waals surface area (Å²) in [5, 5.41) is 8.92. The van der Waals surface area contributed by atoms with Crippen molar-refractivity contribution in [2.24, 2.45) is 0 Å². The number of nitriles is 1. The van der Waals surface area contributed by atoms with Gasteiger partial charge >= 0.3 is 0 Å². The number of alkyl halides is 1. The number of hydrogen-bond acceptors (Lipinski definition) is 2. The van der Waals surface area contributed by atoms with Crippen molar-refractivity contribution in [3.05, 3.63) is 32.4 Å². The second-order valence-corrected chi connectivity index (χ2v) is 4.13. The van der Waals surface area contributed by atoms with Crippen molar-refractivity contribution < 1.29 is 4.79 Å². The van der Waals surface area contributed by atoms with E-state index in [9.17, 15) is 4.79 Å². The van der Waals surface area contributed by atoms with E-state index in [0.29, 0.717) is 11.1 Å². The number of ketones is 1. The highest BCUT2D eigenvalue weighted by Crippen LogP contribution is 2.20. The van der Waals surface area contributed by atoms with Crippen LogP contribution < -0.4 is 0 Å². The van der Waals surface area contributed by atoms with Gasteiger partial charge in [0.15, 0.2) is 5.78 Å². The average Bonchev–Trinajstić information content (AvgIpc) is 2.20. The van der Waals surface area contributed by atoms with E-state index < -0.39 is 0 Å². The SMILES string of the molecule is Cc1ccc(C(=O)CCl)c(C#N)c1I. The van der Waals surface area contributed by atoms with Crippen molar-refractivity contribution in [1.29, 1.82) is 5.26 Å². The standard InChI is InChI=1S/C10H7ClINO/c1-6-2-3-7(9(14)4-11)8(5-13)10(6)12/h2-3H,4H2,1H3. The second kappa shape index (κ2) is 4.76. The Morgan fingerprint density at radius 3 is 2.79 bits per heavy atom. The number of carbonyl (C=O) groups excluding carboxylic acids is 1. The lowest BCUT2D eigenvalue weighted by Gasteiger charge is -2.05. The summed E-state index contributed by atoms with van der Waals surface area (Å²) < 4.78 is 0.820. The van der Waals surface area contributed by atoms with Gasteiger partial charge in [0.05, 0.1) is 11.4 Å². The molecule has 2 nitrogen and oxygen atoms in total. The van der Waals surface area contributed by atoms with Gasteiger partial charge in [0, 0.05) is 9.13 Å². The van der Waals surface area contributed by atoms with Gasteiger partial charge in [-0.3, -0.25) is 4.79 Å². The predicted molar refractivity (Wildman–Crippen MR) is 63.7 cm³/mol. The van der Waals surface area contributed by atoms with E-state index in [-0.39, 0.29) is 11.7 Å². The largest absolute Gasteiger partial charge is 0.293 e. The Morgan fingerprint density at radius 2 is 2.29 bits per heavy atom. The van der Waals surface area contributed by atoms with E-state index in [0.717, 1.165) is 9.13 Å². The van der Waals surface area contributed by atoms with Crippen LogP contribution in [0.4, 0.5) is 0 Å². The minimum absolute atomic E-state index is 0.0895. The van der Waals surface area contributed by atoms with Crippen LogP contribution in [0, 0.1) is 21.8 Å². The molecule has 0 saturated carbocycles. The molecule has 1 aromatic carbocycles. The first-order valence-electron chi connectivity index (χ1n) is 3.90. The third-order valence-electron chi connectivity index (χ3n) is 1.87. The van der Waals surface area contributed by atoms with E-state index >= 15 is 0 Å². The van der Waals surface area contributed by atoms with Crippen molar-refractivity contribution >= 4 is 40.0 Å². The van der Waals surface area contributed by atoms with E-state index in [2.05, 4.69) is 22.6 Å². The van der Waals surface area contributed by atoms with Gasteiger partial charge in [-0.1, -0.05) is 6.07 Å². The second-order valence-electron chi connectivity index (χ2n) is 2.79. The Bertz CT molecular complexity index is 423. The smallest absolute Gasteiger partial charge is 0.178 e. The highest BCUT2D eigenvalue weighted by Gasteiger charge is 2.14. The van der Waals surface area contributed by atoms with Gasteiger partial charge < -0.3 is 0 Å². The molecule has 0 amide bonds. The topological polar surface area (TPSA) is 40.9 Å². The number of halogens is 2. The number of carbonyl (C=O) groups is 1. The summed E-state index contributed by atoms with van der Waals surface area (Å²) in [5.74, 6) is -0.297. The van der Waals surface area contributed by atoms with Crippen LogP contribution in [0.3, 0.4) is 0 Å². The van der Waals surface area contributed by atoms with Gasteiger partial charge in [-0.15, -0.1) is 11.6 Å². The van der Waals surface area contributed by atoms with E-state index in [1.54, 1.807) is 6.07 Å². The fourth-order valence-electron chi connectivity index (χ4n) is 1.09. The molecule has 1 rings (SSSR count). The van der Waals surface area contributed by atoms with Crippen molar-refractivity contribution in [3.8, 4) is 6.07 Å². The molecule has 4 heteroatoms. The molecule has 0 unspecified atom stereocenters. The molecule has 0 bridgehead atoms. The van der Waals surface area contributed by atoms with Crippen LogP contribution >= 0.6 is 34.2 Å². The zero-order valence-corrected chi connectivity index (χ0v) is 10.4. The first-order valence-corrected chi connectivity index (χ1v) is 5.51. The average molecular weight is 320 g/mol. The van der Waals surface area contributed by atoms with Crippen LogP contribution in [0.5, 0.6) is 0 Å².